The minimum Gasteiger partial charge on any atom is -0.457 e. The molecule has 9 nitrogen and oxygen atoms in total. The quantitative estimate of drug-likeness (QED) is 0.202. The lowest BCUT2D eigenvalue weighted by atomic mass is 10.0. The number of esters is 1. The Balaban J connectivity index is 1.33. The molecule has 1 saturated heterocycles. The van der Waals surface area contributed by atoms with Crippen LogP contribution in [0.1, 0.15) is 62.4 Å². The largest absolute Gasteiger partial charge is 0.457 e. The third kappa shape index (κ3) is 8.66. The maximum atomic E-state index is 13.5. The number of anilines is 1. The number of nitrogens with one attached hydrogen (secondary N) is 2. The van der Waals surface area contributed by atoms with Crippen LogP contribution in [0, 0.1) is 0 Å². The van der Waals surface area contributed by atoms with E-state index in [-0.39, 0.29) is 31.1 Å². The van der Waals surface area contributed by atoms with E-state index in [9.17, 15) is 14.4 Å². The van der Waals surface area contributed by atoms with E-state index >= 15 is 0 Å². The van der Waals surface area contributed by atoms with Gasteiger partial charge in [-0.05, 0) is 62.4 Å². The maximum absolute atomic E-state index is 13.5. The van der Waals surface area contributed by atoms with Crippen molar-refractivity contribution >= 4 is 29.8 Å². The summed E-state index contributed by atoms with van der Waals surface area (Å²) in [7, 11) is 0. The van der Waals surface area contributed by atoms with Gasteiger partial charge in [-0.15, -0.1) is 0 Å². The minimum atomic E-state index is -0.600. The number of carbonyl (C=O) groups is 3. The van der Waals surface area contributed by atoms with E-state index in [1.807, 2.05) is 65.6 Å². The Bertz CT molecular complexity index is 1310. The maximum Gasteiger partial charge on any atom is 0.347 e. The van der Waals surface area contributed by atoms with Crippen LogP contribution in [0.5, 0.6) is 0 Å². The van der Waals surface area contributed by atoms with E-state index in [2.05, 4.69) is 15.8 Å². The molecular formula is C32H36N4O5. The standard InChI is InChI=1S/C32H36N4O5/c1-32(2,3)41-30(38)22-40-34-20-23-11-10-16-26(19-23)35-31(39)33-21-29(37)36-27(24-12-6-4-7-13-24)17-18-28(36)25-14-8-5-9-15-25/h4-16,19-20,27-28H,17-18,21-22H2,1-3H3,(H2,33,35,39)/t27-,28+. The molecule has 2 atom stereocenters. The first-order valence-corrected chi connectivity index (χ1v) is 13.6. The number of likely N-dealkylation sites (tertiary alicyclic amines) is 1. The Hall–Kier alpha value is -4.66. The second kappa shape index (κ2) is 13.6. The number of oxime groups is 1. The first kappa shape index (κ1) is 29.3. The van der Waals surface area contributed by atoms with Gasteiger partial charge in [0.25, 0.3) is 0 Å². The van der Waals surface area contributed by atoms with Gasteiger partial charge in [0.2, 0.25) is 12.5 Å². The average Bonchev–Trinajstić information content (AvgIpc) is 3.40. The van der Waals surface area contributed by atoms with Gasteiger partial charge >= 0.3 is 12.0 Å². The molecule has 0 unspecified atom stereocenters. The summed E-state index contributed by atoms with van der Waals surface area (Å²) in [5, 5.41) is 9.25. The number of benzene rings is 3. The molecule has 4 rings (SSSR count). The third-order valence-corrected chi connectivity index (χ3v) is 6.47. The average molecular weight is 557 g/mol. The van der Waals surface area contributed by atoms with Crippen molar-refractivity contribution in [3.05, 3.63) is 102 Å². The van der Waals surface area contributed by atoms with Crippen LogP contribution < -0.4 is 10.6 Å². The third-order valence-electron chi connectivity index (χ3n) is 6.47. The fourth-order valence-electron chi connectivity index (χ4n) is 4.84. The zero-order valence-electron chi connectivity index (χ0n) is 23.6. The molecule has 9 heteroatoms. The normalized spacial score (nSPS) is 16.8. The molecule has 2 N–H and O–H groups in total. The van der Waals surface area contributed by atoms with E-state index in [4.69, 9.17) is 9.57 Å². The summed E-state index contributed by atoms with van der Waals surface area (Å²) in [4.78, 5) is 44.8. The molecule has 3 aromatic carbocycles. The number of rotatable bonds is 9. The van der Waals surface area contributed by atoms with Crippen LogP contribution in [0.4, 0.5) is 10.5 Å². The second-order valence-electron chi connectivity index (χ2n) is 10.8. The lowest BCUT2D eigenvalue weighted by Crippen LogP contribution is -2.42. The predicted octanol–water partition coefficient (Wildman–Crippen LogP) is 5.61. The smallest absolute Gasteiger partial charge is 0.347 e. The topological polar surface area (TPSA) is 109 Å². The molecule has 1 aliphatic heterocycles. The van der Waals surface area contributed by atoms with Crippen LogP contribution in [0.3, 0.4) is 0 Å². The van der Waals surface area contributed by atoms with Crippen LogP contribution in [0.25, 0.3) is 0 Å². The number of hydrogen-bond donors (Lipinski definition) is 2. The van der Waals surface area contributed by atoms with E-state index < -0.39 is 17.6 Å². The molecule has 0 aromatic heterocycles. The van der Waals surface area contributed by atoms with Gasteiger partial charge in [0.15, 0.2) is 0 Å². The highest BCUT2D eigenvalue weighted by Crippen LogP contribution is 2.43. The molecule has 0 bridgehead atoms. The van der Waals surface area contributed by atoms with Gasteiger partial charge in [-0.25, -0.2) is 9.59 Å². The summed E-state index contributed by atoms with van der Waals surface area (Å²) >= 11 is 0. The molecule has 3 amide bonds. The highest BCUT2D eigenvalue weighted by molar-refractivity contribution is 5.93. The summed E-state index contributed by atoms with van der Waals surface area (Å²) in [5.74, 6) is -0.668. The molecule has 41 heavy (non-hydrogen) atoms. The van der Waals surface area contributed by atoms with Crippen molar-refractivity contribution < 1.29 is 24.0 Å². The summed E-state index contributed by atoms with van der Waals surface area (Å²) in [6.45, 7) is 4.86. The van der Waals surface area contributed by atoms with Gasteiger partial charge in [0.1, 0.15) is 5.60 Å². The molecule has 1 heterocycles. The summed E-state index contributed by atoms with van der Waals surface area (Å²) in [5.41, 5.74) is 2.72. The second-order valence-corrected chi connectivity index (χ2v) is 10.8. The van der Waals surface area contributed by atoms with Gasteiger partial charge in [-0.2, -0.15) is 0 Å². The van der Waals surface area contributed by atoms with E-state index in [1.165, 1.54) is 6.21 Å². The monoisotopic (exact) mass is 556 g/mol. The van der Waals surface area contributed by atoms with Crippen LogP contribution in [-0.2, 0) is 19.2 Å². The van der Waals surface area contributed by atoms with Crippen molar-refractivity contribution in [1.82, 2.24) is 10.2 Å². The zero-order valence-corrected chi connectivity index (χ0v) is 23.6. The molecule has 0 saturated carbocycles. The highest BCUT2D eigenvalue weighted by Gasteiger charge is 2.38. The fraction of sp³-hybridized carbons (Fsp3) is 0.312. The SMILES string of the molecule is CC(C)(C)OC(=O)CON=Cc1cccc(NC(=O)NCC(=O)N2[C@@H](c3ccccc3)CC[C@H]2c2ccccc2)c1. The first-order valence-electron chi connectivity index (χ1n) is 13.6. The molecule has 3 aromatic rings. The van der Waals surface area contributed by atoms with Gasteiger partial charge in [-0.3, -0.25) is 4.79 Å². The summed E-state index contributed by atoms with van der Waals surface area (Å²) < 4.78 is 5.16. The molecular weight excluding hydrogens is 520 g/mol. The lowest BCUT2D eigenvalue weighted by Gasteiger charge is -2.31. The summed E-state index contributed by atoms with van der Waals surface area (Å²) in [6.07, 6.45) is 3.12. The van der Waals surface area contributed by atoms with Crippen LogP contribution >= 0.6 is 0 Å². The van der Waals surface area contributed by atoms with Crippen molar-refractivity contribution in [1.29, 1.82) is 0 Å². The number of nitrogens with zero attached hydrogens (tertiary/aromatic N) is 2. The molecule has 0 spiro atoms. The van der Waals surface area contributed by atoms with E-state index in [1.54, 1.807) is 45.0 Å². The van der Waals surface area contributed by atoms with Crippen molar-refractivity contribution in [2.24, 2.45) is 5.16 Å². The first-order chi connectivity index (χ1) is 19.7. The molecule has 214 valence electrons. The Kier molecular flexibility index (Phi) is 9.73. The van der Waals surface area contributed by atoms with Gasteiger partial charge in [-0.1, -0.05) is 78.0 Å². The number of urea groups is 1. The number of carbonyl (C=O) groups excluding carboxylic acids is 3. The number of ether oxygens (including phenoxy) is 1. The minimum absolute atomic E-state index is 0.0627. The van der Waals surface area contributed by atoms with Gasteiger partial charge < -0.3 is 25.1 Å². The molecule has 0 aliphatic carbocycles. The lowest BCUT2D eigenvalue weighted by molar-refractivity contribution is -0.160. The zero-order chi connectivity index (χ0) is 29.2. The van der Waals surface area contributed by atoms with Gasteiger partial charge in [0, 0.05) is 5.69 Å². The van der Waals surface area contributed by atoms with Crippen molar-refractivity contribution in [2.75, 3.05) is 18.5 Å². The molecule has 0 radical (unpaired) electrons. The molecule has 1 aliphatic rings. The van der Waals surface area contributed by atoms with Crippen molar-refractivity contribution in [2.45, 2.75) is 51.3 Å². The molecule has 1 fully saturated rings. The summed E-state index contributed by atoms with van der Waals surface area (Å²) in [6, 6.07) is 26.3. The van der Waals surface area contributed by atoms with Crippen LogP contribution in [0.15, 0.2) is 90.1 Å². The Morgan fingerprint density at radius 3 is 2.10 bits per heavy atom. The highest BCUT2D eigenvalue weighted by atomic mass is 16.7. The Morgan fingerprint density at radius 1 is 0.902 bits per heavy atom. The Morgan fingerprint density at radius 2 is 1.51 bits per heavy atom. The van der Waals surface area contributed by atoms with Gasteiger partial charge in [0.05, 0.1) is 24.8 Å². The fourth-order valence-corrected chi connectivity index (χ4v) is 4.84. The van der Waals surface area contributed by atoms with Crippen LogP contribution in [0.2, 0.25) is 0 Å². The van der Waals surface area contributed by atoms with Crippen molar-refractivity contribution in [3.8, 4) is 0 Å². The van der Waals surface area contributed by atoms with E-state index in [0.717, 1.165) is 24.0 Å². The van der Waals surface area contributed by atoms with Crippen LogP contribution in [-0.4, -0.2) is 47.8 Å². The number of amides is 3. The predicted molar refractivity (Wildman–Crippen MR) is 157 cm³/mol. The van der Waals surface area contributed by atoms with Crippen molar-refractivity contribution in [3.63, 3.8) is 0 Å². The number of hydrogen-bond acceptors (Lipinski definition) is 6. The Labute approximate surface area is 240 Å². The van der Waals surface area contributed by atoms with E-state index in [0.29, 0.717) is 11.3 Å².